The highest BCUT2D eigenvalue weighted by molar-refractivity contribution is 6.42. The number of phenols is 1. The largest absolute Gasteiger partial charge is 0.508 e. The number of halogens is 2. The van der Waals surface area contributed by atoms with Gasteiger partial charge in [0.1, 0.15) is 5.75 Å². The van der Waals surface area contributed by atoms with Gasteiger partial charge in [-0.1, -0.05) is 23.2 Å². The number of aliphatic hydroxyl groups is 1. The lowest BCUT2D eigenvalue weighted by atomic mass is 9.97. The lowest BCUT2D eigenvalue weighted by Gasteiger charge is -2.23. The van der Waals surface area contributed by atoms with Crippen LogP contribution < -0.4 is 0 Å². The van der Waals surface area contributed by atoms with Crippen LogP contribution in [-0.2, 0) is 4.79 Å². The number of likely N-dealkylation sites (tertiary alicyclic amines) is 1. The molecule has 1 aromatic carbocycles. The van der Waals surface area contributed by atoms with Crippen molar-refractivity contribution < 1.29 is 15.0 Å². The second-order valence-corrected chi connectivity index (χ2v) is 6.88. The molecule has 21 heavy (non-hydrogen) atoms. The number of nitrogens with zero attached hydrogens (tertiary/aromatic N) is 1. The van der Waals surface area contributed by atoms with E-state index in [2.05, 4.69) is 0 Å². The van der Waals surface area contributed by atoms with E-state index >= 15 is 0 Å². The van der Waals surface area contributed by atoms with Gasteiger partial charge in [0.25, 0.3) is 0 Å². The van der Waals surface area contributed by atoms with E-state index in [9.17, 15) is 15.0 Å². The molecule has 4 nitrogen and oxygen atoms in total. The van der Waals surface area contributed by atoms with Crippen molar-refractivity contribution in [3.8, 4) is 5.75 Å². The molecule has 0 aliphatic carbocycles. The van der Waals surface area contributed by atoms with Crippen LogP contribution in [0.4, 0.5) is 0 Å². The van der Waals surface area contributed by atoms with E-state index < -0.39 is 5.60 Å². The molecule has 1 aromatic rings. The molecule has 2 rings (SSSR count). The van der Waals surface area contributed by atoms with Gasteiger partial charge in [0.05, 0.1) is 15.6 Å². The summed E-state index contributed by atoms with van der Waals surface area (Å²) in [6.07, 6.45) is 0.792. The highest BCUT2D eigenvalue weighted by atomic mass is 35.5. The van der Waals surface area contributed by atoms with Crippen LogP contribution in [0.3, 0.4) is 0 Å². The van der Waals surface area contributed by atoms with Crippen molar-refractivity contribution in [1.82, 2.24) is 4.90 Å². The maximum Gasteiger partial charge on any atom is 0.223 e. The molecule has 1 aliphatic rings. The third-order valence-corrected chi connectivity index (χ3v) is 4.54. The Kier molecular flexibility index (Phi) is 4.71. The van der Waals surface area contributed by atoms with E-state index in [4.69, 9.17) is 23.2 Å². The second kappa shape index (κ2) is 6.03. The lowest BCUT2D eigenvalue weighted by Crippen LogP contribution is -2.32. The highest BCUT2D eigenvalue weighted by Gasteiger charge is 2.34. The summed E-state index contributed by atoms with van der Waals surface area (Å²) in [7, 11) is 0. The minimum Gasteiger partial charge on any atom is -0.508 e. The van der Waals surface area contributed by atoms with Crippen molar-refractivity contribution in [2.75, 3.05) is 13.1 Å². The molecule has 1 aliphatic heterocycles. The Morgan fingerprint density at radius 3 is 2.67 bits per heavy atom. The third kappa shape index (κ3) is 3.82. The predicted molar refractivity (Wildman–Crippen MR) is 83.0 cm³/mol. The number of amides is 1. The molecule has 1 fully saturated rings. The van der Waals surface area contributed by atoms with Gasteiger partial charge in [0, 0.05) is 31.0 Å². The molecule has 0 aromatic heterocycles. The van der Waals surface area contributed by atoms with Crippen molar-refractivity contribution in [3.63, 3.8) is 0 Å². The maximum absolute atomic E-state index is 12.1. The van der Waals surface area contributed by atoms with Gasteiger partial charge in [0.2, 0.25) is 5.91 Å². The number of carbonyl (C=O) groups excluding carboxylic acids is 1. The first-order valence-electron chi connectivity index (χ1n) is 6.86. The number of hydrogen-bond acceptors (Lipinski definition) is 3. The van der Waals surface area contributed by atoms with Crippen LogP contribution in [0.2, 0.25) is 10.0 Å². The number of carbonyl (C=O) groups is 1. The van der Waals surface area contributed by atoms with Gasteiger partial charge < -0.3 is 15.1 Å². The average Bonchev–Trinajstić information content (AvgIpc) is 2.72. The van der Waals surface area contributed by atoms with Crippen LogP contribution in [0.25, 0.3) is 0 Å². The van der Waals surface area contributed by atoms with Gasteiger partial charge >= 0.3 is 0 Å². The molecule has 1 unspecified atom stereocenters. The summed E-state index contributed by atoms with van der Waals surface area (Å²) in [6.45, 7) is 4.38. The minimum atomic E-state index is -0.811. The number of rotatable bonds is 4. The van der Waals surface area contributed by atoms with E-state index in [0.29, 0.717) is 41.5 Å². The molecule has 2 N–H and O–H groups in total. The summed E-state index contributed by atoms with van der Waals surface area (Å²) in [5.41, 5.74) is -0.280. The monoisotopic (exact) mass is 331 g/mol. The van der Waals surface area contributed by atoms with Crippen molar-refractivity contribution in [1.29, 1.82) is 0 Å². The predicted octanol–water partition coefficient (Wildman–Crippen LogP) is 3.18. The van der Waals surface area contributed by atoms with Crippen LogP contribution in [-0.4, -0.2) is 39.7 Å². The molecular formula is C15H19Cl2NO3. The minimum absolute atomic E-state index is 0.000285. The SMILES string of the molecule is CC(C)(O)CCN1CC(c2c(O)ccc(Cl)c2Cl)CC1=O. The van der Waals surface area contributed by atoms with E-state index in [-0.39, 0.29) is 17.6 Å². The van der Waals surface area contributed by atoms with Gasteiger partial charge in [-0.3, -0.25) is 4.79 Å². The van der Waals surface area contributed by atoms with E-state index in [0.717, 1.165) is 0 Å². The molecule has 1 atom stereocenters. The number of phenolic OH excluding ortho intramolecular Hbond substituents is 1. The first-order chi connectivity index (χ1) is 9.69. The topological polar surface area (TPSA) is 60.8 Å². The van der Waals surface area contributed by atoms with E-state index in [1.165, 1.54) is 12.1 Å². The number of hydrogen-bond donors (Lipinski definition) is 2. The summed E-state index contributed by atoms with van der Waals surface area (Å²) in [5.74, 6) is -0.114. The van der Waals surface area contributed by atoms with Gasteiger partial charge in [0.15, 0.2) is 0 Å². The Morgan fingerprint density at radius 1 is 1.38 bits per heavy atom. The molecule has 0 bridgehead atoms. The lowest BCUT2D eigenvalue weighted by molar-refractivity contribution is -0.128. The van der Waals surface area contributed by atoms with E-state index in [1.807, 2.05) is 0 Å². The van der Waals surface area contributed by atoms with E-state index in [1.54, 1.807) is 18.7 Å². The summed E-state index contributed by atoms with van der Waals surface area (Å²) in [4.78, 5) is 13.8. The van der Waals surface area contributed by atoms with Crippen molar-refractivity contribution >= 4 is 29.1 Å². The van der Waals surface area contributed by atoms with Crippen LogP contribution >= 0.6 is 23.2 Å². The van der Waals surface area contributed by atoms with Crippen molar-refractivity contribution in [2.24, 2.45) is 0 Å². The Hall–Kier alpha value is -0.970. The molecule has 1 heterocycles. The second-order valence-electron chi connectivity index (χ2n) is 6.10. The number of benzene rings is 1. The molecule has 0 radical (unpaired) electrons. The van der Waals surface area contributed by atoms with Gasteiger partial charge in [-0.15, -0.1) is 0 Å². The molecule has 6 heteroatoms. The molecule has 116 valence electrons. The normalized spacial score (nSPS) is 19.4. The smallest absolute Gasteiger partial charge is 0.223 e. The number of aromatic hydroxyl groups is 1. The fourth-order valence-electron chi connectivity index (χ4n) is 2.53. The first-order valence-corrected chi connectivity index (χ1v) is 7.61. The van der Waals surface area contributed by atoms with Gasteiger partial charge in [-0.25, -0.2) is 0 Å². The van der Waals surface area contributed by atoms with Crippen LogP contribution in [0.15, 0.2) is 12.1 Å². The quantitative estimate of drug-likeness (QED) is 0.890. The Labute approximate surface area is 134 Å². The average molecular weight is 332 g/mol. The van der Waals surface area contributed by atoms with Crippen LogP contribution in [0.1, 0.15) is 38.2 Å². The Bertz CT molecular complexity index is 555. The summed E-state index contributed by atoms with van der Waals surface area (Å²) in [6, 6.07) is 3.03. The fraction of sp³-hybridized carbons (Fsp3) is 0.533. The van der Waals surface area contributed by atoms with Gasteiger partial charge in [-0.2, -0.15) is 0 Å². The zero-order chi connectivity index (χ0) is 15.8. The zero-order valence-electron chi connectivity index (χ0n) is 12.1. The summed E-state index contributed by atoms with van der Waals surface area (Å²) in [5, 5.41) is 20.4. The van der Waals surface area contributed by atoms with Crippen LogP contribution in [0.5, 0.6) is 5.75 Å². The third-order valence-electron chi connectivity index (χ3n) is 3.73. The maximum atomic E-state index is 12.1. The first kappa shape index (κ1) is 16.4. The fourth-order valence-corrected chi connectivity index (χ4v) is 3.01. The van der Waals surface area contributed by atoms with Crippen molar-refractivity contribution in [3.05, 3.63) is 27.7 Å². The molecule has 1 amide bonds. The van der Waals surface area contributed by atoms with Gasteiger partial charge in [-0.05, 0) is 32.4 Å². The molecule has 1 saturated heterocycles. The standard InChI is InChI=1S/C15H19Cl2NO3/c1-15(2,21)5-6-18-8-9(7-12(18)20)13-11(19)4-3-10(16)14(13)17/h3-4,9,19,21H,5-8H2,1-2H3. The molecule has 0 spiro atoms. The summed E-state index contributed by atoms with van der Waals surface area (Å²) >= 11 is 12.1. The van der Waals surface area contributed by atoms with Crippen LogP contribution in [0, 0.1) is 0 Å². The highest BCUT2D eigenvalue weighted by Crippen LogP contribution is 2.41. The zero-order valence-corrected chi connectivity index (χ0v) is 13.6. The van der Waals surface area contributed by atoms with Crippen molar-refractivity contribution in [2.45, 2.75) is 38.2 Å². The molecule has 0 saturated carbocycles. The Morgan fingerprint density at radius 2 is 2.05 bits per heavy atom. The summed E-state index contributed by atoms with van der Waals surface area (Å²) < 4.78 is 0. The molecular weight excluding hydrogens is 313 g/mol. The Balaban J connectivity index is 2.15.